The van der Waals surface area contributed by atoms with E-state index in [1.807, 2.05) is 18.2 Å². The molecule has 0 radical (unpaired) electrons. The Balaban J connectivity index is 1.94. The lowest BCUT2D eigenvalue weighted by atomic mass is 9.98. The Morgan fingerprint density at radius 2 is 2.25 bits per heavy atom. The van der Waals surface area contributed by atoms with E-state index in [1.165, 1.54) is 11.3 Å². The molecule has 1 N–H and O–H groups in total. The highest BCUT2D eigenvalue weighted by Crippen LogP contribution is 2.45. The lowest BCUT2D eigenvalue weighted by molar-refractivity contribution is 0.0671. The average molecular weight is 376 g/mol. The minimum atomic E-state index is -0.547. The first-order valence-corrected chi connectivity index (χ1v) is 8.04. The molecule has 2 aromatic rings. The number of hydrogen-bond acceptors (Lipinski definition) is 4. The van der Waals surface area contributed by atoms with E-state index in [1.54, 1.807) is 13.2 Å². The monoisotopic (exact) mass is 374 g/mol. The summed E-state index contributed by atoms with van der Waals surface area (Å²) in [5.74, 6) is 1.37. The van der Waals surface area contributed by atoms with Gasteiger partial charge in [0.1, 0.15) is 21.9 Å². The van der Waals surface area contributed by atoms with Crippen molar-refractivity contribution in [3.63, 3.8) is 0 Å². The summed E-state index contributed by atoms with van der Waals surface area (Å²) in [6.45, 7) is 0. The van der Waals surface area contributed by atoms with Crippen LogP contribution < -0.4 is 9.47 Å². The van der Waals surface area contributed by atoms with Gasteiger partial charge in [0.05, 0.1) is 13.2 Å². The SMILES string of the molecule is COc1ccc2c(c1)OC(c1cc(Br)c(Cl)s1)CC2O. The molecule has 0 amide bonds. The Morgan fingerprint density at radius 3 is 2.90 bits per heavy atom. The Morgan fingerprint density at radius 1 is 1.45 bits per heavy atom. The van der Waals surface area contributed by atoms with Crippen molar-refractivity contribution in [2.45, 2.75) is 18.6 Å². The third kappa shape index (κ3) is 2.55. The summed E-state index contributed by atoms with van der Waals surface area (Å²) in [6, 6.07) is 7.40. The molecule has 3 rings (SSSR count). The van der Waals surface area contributed by atoms with Crippen LogP contribution in [0.5, 0.6) is 11.5 Å². The Kier molecular flexibility index (Phi) is 3.95. The van der Waals surface area contributed by atoms with Crippen LogP contribution in [0.15, 0.2) is 28.7 Å². The topological polar surface area (TPSA) is 38.7 Å². The molecule has 0 fully saturated rings. The molecular weight excluding hydrogens is 364 g/mol. The van der Waals surface area contributed by atoms with E-state index in [0.29, 0.717) is 22.3 Å². The normalized spacial score (nSPS) is 21.2. The Hall–Kier alpha value is -0.750. The second kappa shape index (κ2) is 5.56. The zero-order chi connectivity index (χ0) is 14.3. The van der Waals surface area contributed by atoms with Gasteiger partial charge in [0.2, 0.25) is 0 Å². The molecule has 1 aromatic carbocycles. The summed E-state index contributed by atoms with van der Waals surface area (Å²) in [5.41, 5.74) is 0.795. The fourth-order valence-corrected chi connectivity index (χ4v) is 4.03. The van der Waals surface area contributed by atoms with Crippen LogP contribution in [-0.2, 0) is 0 Å². The number of aliphatic hydroxyl groups is 1. The van der Waals surface area contributed by atoms with Gasteiger partial charge >= 0.3 is 0 Å². The number of fused-ring (bicyclic) bond motifs is 1. The number of rotatable bonds is 2. The highest BCUT2D eigenvalue weighted by Gasteiger charge is 2.29. The maximum Gasteiger partial charge on any atom is 0.136 e. The number of benzene rings is 1. The molecule has 2 atom stereocenters. The molecule has 3 nitrogen and oxygen atoms in total. The Bertz CT molecular complexity index is 624. The molecule has 2 unspecified atom stereocenters. The number of methoxy groups -OCH3 is 1. The van der Waals surface area contributed by atoms with Gasteiger partial charge in [0, 0.05) is 27.4 Å². The molecule has 2 heterocycles. The average Bonchev–Trinajstić information content (AvgIpc) is 2.78. The fourth-order valence-electron chi connectivity index (χ4n) is 2.25. The van der Waals surface area contributed by atoms with Crippen LogP contribution in [0, 0.1) is 0 Å². The zero-order valence-electron chi connectivity index (χ0n) is 10.6. The van der Waals surface area contributed by atoms with Crippen molar-refractivity contribution in [1.82, 2.24) is 0 Å². The molecule has 20 heavy (non-hydrogen) atoms. The maximum atomic E-state index is 10.3. The third-order valence-corrected chi connectivity index (χ3v) is 5.83. The van der Waals surface area contributed by atoms with E-state index in [0.717, 1.165) is 14.9 Å². The van der Waals surface area contributed by atoms with E-state index >= 15 is 0 Å². The highest BCUT2D eigenvalue weighted by molar-refractivity contribution is 9.10. The van der Waals surface area contributed by atoms with Crippen molar-refractivity contribution >= 4 is 38.9 Å². The molecule has 1 aromatic heterocycles. The minimum absolute atomic E-state index is 0.196. The van der Waals surface area contributed by atoms with Crippen molar-refractivity contribution in [2.24, 2.45) is 0 Å². The highest BCUT2D eigenvalue weighted by atomic mass is 79.9. The first kappa shape index (κ1) is 14.2. The largest absolute Gasteiger partial charge is 0.497 e. The van der Waals surface area contributed by atoms with Crippen LogP contribution in [0.2, 0.25) is 4.34 Å². The van der Waals surface area contributed by atoms with Crippen LogP contribution in [0.3, 0.4) is 0 Å². The number of ether oxygens (including phenoxy) is 2. The van der Waals surface area contributed by atoms with Crippen LogP contribution in [0.4, 0.5) is 0 Å². The summed E-state index contributed by atoms with van der Waals surface area (Å²) in [5, 5.41) is 10.3. The van der Waals surface area contributed by atoms with Gasteiger partial charge in [-0.25, -0.2) is 0 Å². The van der Waals surface area contributed by atoms with Gasteiger partial charge in [-0.3, -0.25) is 0 Å². The number of halogens is 2. The van der Waals surface area contributed by atoms with Gasteiger partial charge in [-0.05, 0) is 34.1 Å². The molecule has 1 aliphatic rings. The van der Waals surface area contributed by atoms with Crippen molar-refractivity contribution in [1.29, 1.82) is 0 Å². The molecule has 106 valence electrons. The molecule has 0 spiro atoms. The van der Waals surface area contributed by atoms with Gasteiger partial charge < -0.3 is 14.6 Å². The Labute approximate surface area is 134 Å². The van der Waals surface area contributed by atoms with E-state index in [-0.39, 0.29) is 6.10 Å². The summed E-state index contributed by atoms with van der Waals surface area (Å²) in [4.78, 5) is 0.995. The lowest BCUT2D eigenvalue weighted by Crippen LogP contribution is -2.18. The molecule has 0 aliphatic carbocycles. The first-order valence-electron chi connectivity index (χ1n) is 6.06. The fraction of sp³-hybridized carbons (Fsp3) is 0.286. The van der Waals surface area contributed by atoms with E-state index in [4.69, 9.17) is 21.1 Å². The number of aliphatic hydroxyl groups excluding tert-OH is 1. The summed E-state index contributed by atoms with van der Waals surface area (Å²) < 4.78 is 12.7. The van der Waals surface area contributed by atoms with Gasteiger partial charge in [-0.2, -0.15) is 0 Å². The van der Waals surface area contributed by atoms with Crippen molar-refractivity contribution in [3.05, 3.63) is 43.5 Å². The van der Waals surface area contributed by atoms with Crippen LogP contribution >= 0.6 is 38.9 Å². The van der Waals surface area contributed by atoms with Crippen LogP contribution in [0.25, 0.3) is 0 Å². The molecular formula is C14H12BrClO3S. The third-order valence-electron chi connectivity index (χ3n) is 3.27. The number of hydrogen-bond donors (Lipinski definition) is 1. The van der Waals surface area contributed by atoms with Gasteiger partial charge in [-0.15, -0.1) is 11.3 Å². The number of thiophene rings is 1. The molecule has 0 bridgehead atoms. The quantitative estimate of drug-likeness (QED) is 0.824. The van der Waals surface area contributed by atoms with Gasteiger partial charge in [-0.1, -0.05) is 11.6 Å². The smallest absolute Gasteiger partial charge is 0.136 e. The maximum absolute atomic E-state index is 10.3. The summed E-state index contributed by atoms with van der Waals surface area (Å²) >= 11 is 10.9. The van der Waals surface area contributed by atoms with E-state index in [2.05, 4.69) is 15.9 Å². The zero-order valence-corrected chi connectivity index (χ0v) is 13.8. The molecule has 1 aliphatic heterocycles. The van der Waals surface area contributed by atoms with Gasteiger partial charge in [0.25, 0.3) is 0 Å². The lowest BCUT2D eigenvalue weighted by Gasteiger charge is -2.29. The van der Waals surface area contributed by atoms with Crippen molar-refractivity contribution in [2.75, 3.05) is 7.11 Å². The van der Waals surface area contributed by atoms with Crippen molar-refractivity contribution < 1.29 is 14.6 Å². The van der Waals surface area contributed by atoms with Crippen LogP contribution in [0.1, 0.15) is 29.1 Å². The van der Waals surface area contributed by atoms with Gasteiger partial charge in [0.15, 0.2) is 0 Å². The first-order chi connectivity index (χ1) is 9.58. The predicted octanol–water partition coefficient (Wildman–Crippen LogP) is 4.73. The minimum Gasteiger partial charge on any atom is -0.497 e. The molecule has 0 saturated carbocycles. The van der Waals surface area contributed by atoms with Crippen molar-refractivity contribution in [3.8, 4) is 11.5 Å². The predicted molar refractivity (Wildman–Crippen MR) is 83.0 cm³/mol. The second-order valence-electron chi connectivity index (χ2n) is 4.53. The van der Waals surface area contributed by atoms with E-state index < -0.39 is 6.10 Å². The standard InChI is InChI=1S/C14H12BrClO3S/c1-18-7-2-3-8-10(17)6-12(19-11(8)4-7)13-5-9(15)14(16)20-13/h2-5,10,12,17H,6H2,1H3. The summed E-state index contributed by atoms with van der Waals surface area (Å²) in [6.07, 6.45) is -0.226. The van der Waals surface area contributed by atoms with Crippen LogP contribution in [-0.4, -0.2) is 12.2 Å². The molecule has 6 heteroatoms. The summed E-state index contributed by atoms with van der Waals surface area (Å²) in [7, 11) is 1.61. The van der Waals surface area contributed by atoms with E-state index in [9.17, 15) is 5.11 Å². The second-order valence-corrected chi connectivity index (χ2v) is 7.07. The molecule has 0 saturated heterocycles.